The Labute approximate surface area is 162 Å². The summed E-state index contributed by atoms with van der Waals surface area (Å²) in [6.45, 7) is 0.924. The maximum absolute atomic E-state index is 12.1. The van der Waals surface area contributed by atoms with Gasteiger partial charge in [0.2, 0.25) is 0 Å². The average Bonchev–Trinajstić information content (AvgIpc) is 2.74. The first kappa shape index (κ1) is 17.7. The number of carbonyl (C=O) groups is 1. The first-order chi connectivity index (χ1) is 13.8. The fourth-order valence-electron chi connectivity index (χ4n) is 2.69. The van der Waals surface area contributed by atoms with Crippen molar-refractivity contribution >= 4 is 11.6 Å². The Balaban J connectivity index is 1.29. The Morgan fingerprint density at radius 3 is 2.29 bits per heavy atom. The monoisotopic (exact) mass is 377 g/mol. The fraction of sp³-hybridized carbons (Fsp3) is 0.136. The zero-order chi connectivity index (χ0) is 19.2. The predicted octanol–water partition coefficient (Wildman–Crippen LogP) is 4.27. The lowest BCUT2D eigenvalue weighted by molar-refractivity contribution is -0.118. The topological polar surface area (TPSA) is 66.0 Å². The van der Waals surface area contributed by atoms with Crippen LogP contribution in [0.1, 0.15) is 0 Å². The van der Waals surface area contributed by atoms with Crippen LogP contribution in [0.5, 0.6) is 28.7 Å². The van der Waals surface area contributed by atoms with Gasteiger partial charge in [0.05, 0.1) is 0 Å². The predicted molar refractivity (Wildman–Crippen MR) is 105 cm³/mol. The van der Waals surface area contributed by atoms with Gasteiger partial charge >= 0.3 is 0 Å². The zero-order valence-corrected chi connectivity index (χ0v) is 15.1. The molecule has 3 aromatic rings. The summed E-state index contributed by atoms with van der Waals surface area (Å²) in [5, 5.41) is 2.79. The van der Waals surface area contributed by atoms with E-state index in [0.29, 0.717) is 41.9 Å². The second-order valence-electron chi connectivity index (χ2n) is 6.08. The molecule has 0 atom stereocenters. The summed E-state index contributed by atoms with van der Waals surface area (Å²) in [6, 6.07) is 21.9. The lowest BCUT2D eigenvalue weighted by Gasteiger charge is -2.18. The van der Waals surface area contributed by atoms with Crippen molar-refractivity contribution in [2.45, 2.75) is 0 Å². The molecule has 1 aliphatic heterocycles. The van der Waals surface area contributed by atoms with Crippen molar-refractivity contribution in [3.8, 4) is 28.7 Å². The van der Waals surface area contributed by atoms with E-state index in [4.69, 9.17) is 18.9 Å². The van der Waals surface area contributed by atoms with Crippen LogP contribution in [-0.4, -0.2) is 25.7 Å². The van der Waals surface area contributed by atoms with Crippen molar-refractivity contribution in [1.29, 1.82) is 0 Å². The zero-order valence-electron chi connectivity index (χ0n) is 15.1. The molecule has 4 rings (SSSR count). The van der Waals surface area contributed by atoms with Gasteiger partial charge in [-0.15, -0.1) is 0 Å². The van der Waals surface area contributed by atoms with Crippen LogP contribution in [0.15, 0.2) is 72.8 Å². The van der Waals surface area contributed by atoms with Gasteiger partial charge in [-0.3, -0.25) is 4.79 Å². The third-order valence-electron chi connectivity index (χ3n) is 4.00. The number of nitrogens with one attached hydrogen (secondary N) is 1. The van der Waals surface area contributed by atoms with Gasteiger partial charge in [-0.05, 0) is 48.5 Å². The lowest BCUT2D eigenvalue weighted by atomic mass is 10.3. The van der Waals surface area contributed by atoms with E-state index in [1.54, 1.807) is 42.5 Å². The van der Waals surface area contributed by atoms with Crippen LogP contribution < -0.4 is 24.3 Å². The van der Waals surface area contributed by atoms with Gasteiger partial charge in [0, 0.05) is 11.8 Å². The Morgan fingerprint density at radius 1 is 0.821 bits per heavy atom. The molecule has 6 heteroatoms. The van der Waals surface area contributed by atoms with Crippen molar-refractivity contribution in [3.05, 3.63) is 72.8 Å². The van der Waals surface area contributed by atoms with E-state index >= 15 is 0 Å². The van der Waals surface area contributed by atoms with E-state index in [2.05, 4.69) is 5.32 Å². The Hall–Kier alpha value is -3.67. The summed E-state index contributed by atoms with van der Waals surface area (Å²) >= 11 is 0. The highest BCUT2D eigenvalue weighted by Gasteiger charge is 2.13. The highest BCUT2D eigenvalue weighted by atomic mass is 16.6. The Bertz CT molecular complexity index is 941. The molecule has 0 saturated carbocycles. The van der Waals surface area contributed by atoms with Crippen LogP contribution in [0, 0.1) is 0 Å². The fourth-order valence-corrected chi connectivity index (χ4v) is 2.69. The minimum Gasteiger partial charge on any atom is -0.486 e. The molecule has 0 bridgehead atoms. The minimum absolute atomic E-state index is 0.109. The molecule has 0 fully saturated rings. The van der Waals surface area contributed by atoms with Crippen molar-refractivity contribution in [2.24, 2.45) is 0 Å². The number of benzene rings is 3. The van der Waals surface area contributed by atoms with Crippen LogP contribution in [0.3, 0.4) is 0 Å². The van der Waals surface area contributed by atoms with E-state index < -0.39 is 0 Å². The minimum atomic E-state index is -0.258. The molecule has 0 spiro atoms. The van der Waals surface area contributed by atoms with E-state index in [0.717, 1.165) is 5.75 Å². The molecule has 0 aliphatic carbocycles. The number of rotatable bonds is 6. The molecule has 1 aliphatic rings. The van der Waals surface area contributed by atoms with Crippen molar-refractivity contribution in [2.75, 3.05) is 25.1 Å². The second-order valence-corrected chi connectivity index (χ2v) is 6.08. The molecule has 0 saturated heterocycles. The third-order valence-corrected chi connectivity index (χ3v) is 4.00. The first-order valence-electron chi connectivity index (χ1n) is 8.91. The van der Waals surface area contributed by atoms with Crippen molar-refractivity contribution < 1.29 is 23.7 Å². The van der Waals surface area contributed by atoms with Gasteiger partial charge in [0.1, 0.15) is 30.5 Å². The molecule has 0 unspecified atom stereocenters. The number of hydrogen-bond acceptors (Lipinski definition) is 5. The van der Waals surface area contributed by atoms with Gasteiger partial charge in [-0.1, -0.05) is 18.2 Å². The highest BCUT2D eigenvalue weighted by molar-refractivity contribution is 5.91. The van der Waals surface area contributed by atoms with Gasteiger partial charge < -0.3 is 24.3 Å². The normalized spacial score (nSPS) is 12.1. The number of hydrogen-bond donors (Lipinski definition) is 1. The first-order valence-corrected chi connectivity index (χ1v) is 8.91. The molecule has 0 aromatic heterocycles. The summed E-state index contributed by atoms with van der Waals surface area (Å²) in [5.74, 6) is 3.04. The lowest BCUT2D eigenvalue weighted by Crippen LogP contribution is -2.20. The smallest absolute Gasteiger partial charge is 0.262 e. The third kappa shape index (κ3) is 4.54. The number of anilines is 1. The summed E-state index contributed by atoms with van der Waals surface area (Å²) < 4.78 is 22.2. The van der Waals surface area contributed by atoms with Crippen LogP contribution in [0.2, 0.25) is 0 Å². The molecule has 3 aromatic carbocycles. The molecule has 142 valence electrons. The van der Waals surface area contributed by atoms with Crippen LogP contribution >= 0.6 is 0 Å². The van der Waals surface area contributed by atoms with E-state index in [-0.39, 0.29) is 12.5 Å². The molecule has 1 heterocycles. The summed E-state index contributed by atoms with van der Waals surface area (Å²) in [4.78, 5) is 12.1. The molecule has 28 heavy (non-hydrogen) atoms. The number of ether oxygens (including phenoxy) is 4. The second kappa shape index (κ2) is 8.35. The van der Waals surface area contributed by atoms with Crippen molar-refractivity contribution in [3.63, 3.8) is 0 Å². The van der Waals surface area contributed by atoms with Crippen LogP contribution in [0.4, 0.5) is 5.69 Å². The standard InChI is InChI=1S/C22H19NO5/c24-22(15-27-19-10-11-20-21(14-19)26-13-12-25-20)23-16-6-8-18(9-7-16)28-17-4-2-1-3-5-17/h1-11,14H,12-13,15H2,(H,23,24). The maximum atomic E-state index is 12.1. The maximum Gasteiger partial charge on any atom is 0.262 e. The molecule has 1 amide bonds. The SMILES string of the molecule is O=C(COc1ccc2c(c1)OCCO2)Nc1ccc(Oc2ccccc2)cc1. The molecule has 0 radical (unpaired) electrons. The van der Waals surface area contributed by atoms with Gasteiger partial charge in [-0.2, -0.15) is 0 Å². The number of amides is 1. The number of fused-ring (bicyclic) bond motifs is 1. The summed E-state index contributed by atoms with van der Waals surface area (Å²) in [6.07, 6.45) is 0. The Kier molecular flexibility index (Phi) is 5.29. The molecule has 1 N–H and O–H groups in total. The molecular weight excluding hydrogens is 358 g/mol. The molecule has 6 nitrogen and oxygen atoms in total. The van der Waals surface area contributed by atoms with Gasteiger partial charge in [-0.25, -0.2) is 0 Å². The number of carbonyl (C=O) groups excluding carboxylic acids is 1. The average molecular weight is 377 g/mol. The van der Waals surface area contributed by atoms with Crippen LogP contribution in [0.25, 0.3) is 0 Å². The highest BCUT2D eigenvalue weighted by Crippen LogP contribution is 2.33. The summed E-state index contributed by atoms with van der Waals surface area (Å²) in [7, 11) is 0. The van der Waals surface area contributed by atoms with E-state index in [1.807, 2.05) is 30.3 Å². The van der Waals surface area contributed by atoms with E-state index in [9.17, 15) is 4.79 Å². The van der Waals surface area contributed by atoms with Gasteiger partial charge in [0.15, 0.2) is 18.1 Å². The van der Waals surface area contributed by atoms with Gasteiger partial charge in [0.25, 0.3) is 5.91 Å². The molecular formula is C22H19NO5. The summed E-state index contributed by atoms with van der Waals surface area (Å²) in [5.41, 5.74) is 0.663. The van der Waals surface area contributed by atoms with E-state index in [1.165, 1.54) is 0 Å². The quantitative estimate of drug-likeness (QED) is 0.695. The van der Waals surface area contributed by atoms with Crippen LogP contribution in [-0.2, 0) is 4.79 Å². The number of para-hydroxylation sites is 1. The van der Waals surface area contributed by atoms with Crippen molar-refractivity contribution in [1.82, 2.24) is 0 Å². The Morgan fingerprint density at radius 2 is 1.50 bits per heavy atom. The largest absolute Gasteiger partial charge is 0.486 e.